The molecule has 0 bridgehead atoms. The largest absolute Gasteiger partial charge is 0.289 e. The number of aromatic nitrogens is 1. The molecule has 146 valence electrons. The monoisotopic (exact) mass is 432 g/mol. The lowest BCUT2D eigenvalue weighted by Crippen LogP contribution is -2.37. The molecule has 0 spiro atoms. The van der Waals surface area contributed by atoms with Gasteiger partial charge in [-0.2, -0.15) is 0 Å². The standard InChI is InChI=1S/C27H17N2PS/c31-30-25-14-6-4-11-21(25)22-12-7-15-28-27(22)29(30)24-13-5-3-10-20(24)23-16-18-8-1-2-9-19(18)17-26(23)30/h1-17H. The van der Waals surface area contributed by atoms with Crippen LogP contribution >= 0.6 is 6.19 Å². The normalized spacial score (nSPS) is 17.9. The number of para-hydroxylation sites is 1. The van der Waals surface area contributed by atoms with Gasteiger partial charge in [0.1, 0.15) is 5.82 Å². The van der Waals surface area contributed by atoms with E-state index in [1.54, 1.807) is 0 Å². The number of hydrogen-bond donors (Lipinski definition) is 0. The van der Waals surface area contributed by atoms with E-state index in [9.17, 15) is 0 Å². The van der Waals surface area contributed by atoms with Crippen molar-refractivity contribution in [2.45, 2.75) is 0 Å². The summed E-state index contributed by atoms with van der Waals surface area (Å²) in [7, 11) is 0. The molecular formula is C27H17N2PS. The van der Waals surface area contributed by atoms with E-state index in [1.165, 1.54) is 38.1 Å². The van der Waals surface area contributed by atoms with Crippen LogP contribution in [0.2, 0.25) is 0 Å². The fourth-order valence-corrected chi connectivity index (χ4v) is 9.72. The average Bonchev–Trinajstić information content (AvgIpc) is 2.83. The highest BCUT2D eigenvalue weighted by Gasteiger charge is 2.44. The molecule has 2 aliphatic heterocycles. The zero-order chi connectivity index (χ0) is 20.6. The molecule has 7 rings (SSSR count). The molecule has 0 amide bonds. The third-order valence-corrected chi connectivity index (χ3v) is 11.1. The smallest absolute Gasteiger partial charge is 0.145 e. The van der Waals surface area contributed by atoms with Crippen molar-refractivity contribution in [2.24, 2.45) is 0 Å². The van der Waals surface area contributed by atoms with Gasteiger partial charge < -0.3 is 0 Å². The van der Waals surface area contributed by atoms with Gasteiger partial charge in [0.15, 0.2) is 0 Å². The van der Waals surface area contributed by atoms with Crippen molar-refractivity contribution in [3.63, 3.8) is 0 Å². The van der Waals surface area contributed by atoms with Crippen LogP contribution in [0.1, 0.15) is 0 Å². The fraction of sp³-hybridized carbons (Fsp3) is 0. The molecule has 0 N–H and O–H groups in total. The van der Waals surface area contributed by atoms with Gasteiger partial charge in [0, 0.05) is 27.9 Å². The molecular weight excluding hydrogens is 415 g/mol. The van der Waals surface area contributed by atoms with Gasteiger partial charge in [-0.25, -0.2) is 4.98 Å². The van der Waals surface area contributed by atoms with Gasteiger partial charge in [-0.15, -0.1) is 0 Å². The predicted molar refractivity (Wildman–Crippen MR) is 135 cm³/mol. The Morgan fingerprint density at radius 1 is 0.613 bits per heavy atom. The third-order valence-electron chi connectivity index (χ3n) is 6.40. The Morgan fingerprint density at radius 3 is 2.16 bits per heavy atom. The van der Waals surface area contributed by atoms with Crippen LogP contribution in [-0.2, 0) is 11.8 Å². The molecule has 4 heteroatoms. The average molecular weight is 432 g/mol. The Kier molecular flexibility index (Phi) is 3.45. The Balaban J connectivity index is 1.70. The number of benzene rings is 4. The van der Waals surface area contributed by atoms with E-state index in [-0.39, 0.29) is 0 Å². The van der Waals surface area contributed by atoms with Gasteiger partial charge in [-0.1, -0.05) is 78.5 Å². The van der Waals surface area contributed by atoms with E-state index in [1.807, 2.05) is 12.3 Å². The van der Waals surface area contributed by atoms with Crippen LogP contribution in [0.25, 0.3) is 33.0 Å². The van der Waals surface area contributed by atoms with E-state index >= 15 is 0 Å². The molecule has 2 aliphatic rings. The van der Waals surface area contributed by atoms with Crippen LogP contribution in [0.4, 0.5) is 11.5 Å². The quantitative estimate of drug-likeness (QED) is 0.264. The lowest BCUT2D eigenvalue weighted by molar-refractivity contribution is 1.24. The SMILES string of the molecule is S=P12c3cc4ccccc4cc3-c3ccccc3N1c1ncccc1-c1ccccc12. The second-order valence-electron chi connectivity index (χ2n) is 8.01. The Morgan fingerprint density at radius 2 is 1.29 bits per heavy atom. The maximum atomic E-state index is 6.75. The lowest BCUT2D eigenvalue weighted by Gasteiger charge is -2.46. The highest BCUT2D eigenvalue weighted by molar-refractivity contribution is 8.23. The van der Waals surface area contributed by atoms with Crippen molar-refractivity contribution in [3.8, 4) is 22.3 Å². The minimum atomic E-state index is -2.36. The molecule has 1 aromatic heterocycles. The van der Waals surface area contributed by atoms with Crippen molar-refractivity contribution >= 4 is 50.9 Å². The molecule has 0 saturated carbocycles. The van der Waals surface area contributed by atoms with Gasteiger partial charge in [-0.3, -0.25) is 4.67 Å². The summed E-state index contributed by atoms with van der Waals surface area (Å²) >= 11 is 6.75. The van der Waals surface area contributed by atoms with E-state index in [0.717, 1.165) is 17.1 Å². The molecule has 0 fully saturated rings. The number of hydrogen-bond acceptors (Lipinski definition) is 2. The highest BCUT2D eigenvalue weighted by Crippen LogP contribution is 2.65. The molecule has 2 nitrogen and oxygen atoms in total. The van der Waals surface area contributed by atoms with E-state index < -0.39 is 6.19 Å². The van der Waals surface area contributed by atoms with E-state index in [2.05, 4.69) is 95.7 Å². The predicted octanol–water partition coefficient (Wildman–Crippen LogP) is 6.38. The molecule has 5 aromatic rings. The van der Waals surface area contributed by atoms with Crippen molar-refractivity contribution in [3.05, 3.63) is 103 Å². The summed E-state index contributed by atoms with van der Waals surface area (Å²) in [6.07, 6.45) is -0.483. The summed E-state index contributed by atoms with van der Waals surface area (Å²) in [5.41, 5.74) is 5.99. The number of anilines is 2. The van der Waals surface area contributed by atoms with Crippen molar-refractivity contribution in [1.29, 1.82) is 0 Å². The van der Waals surface area contributed by atoms with Crippen LogP contribution in [0.5, 0.6) is 0 Å². The second kappa shape index (κ2) is 6.13. The Labute approximate surface area is 185 Å². The van der Waals surface area contributed by atoms with Crippen LogP contribution in [0.3, 0.4) is 0 Å². The highest BCUT2D eigenvalue weighted by atomic mass is 32.4. The van der Waals surface area contributed by atoms with Crippen molar-refractivity contribution < 1.29 is 0 Å². The van der Waals surface area contributed by atoms with Gasteiger partial charge in [0.25, 0.3) is 0 Å². The van der Waals surface area contributed by atoms with Crippen LogP contribution < -0.4 is 15.3 Å². The van der Waals surface area contributed by atoms with Gasteiger partial charge in [0.2, 0.25) is 0 Å². The molecule has 4 aromatic carbocycles. The Hall–Kier alpha value is -3.26. The molecule has 1 unspecified atom stereocenters. The lowest BCUT2D eigenvalue weighted by atomic mass is 9.98. The number of rotatable bonds is 0. The van der Waals surface area contributed by atoms with Crippen LogP contribution in [-0.4, -0.2) is 4.98 Å². The van der Waals surface area contributed by atoms with Crippen LogP contribution in [0.15, 0.2) is 103 Å². The first-order chi connectivity index (χ1) is 15.3. The summed E-state index contributed by atoms with van der Waals surface area (Å²) < 4.78 is 2.38. The van der Waals surface area contributed by atoms with E-state index in [4.69, 9.17) is 16.8 Å². The first kappa shape index (κ1) is 17.4. The third kappa shape index (κ3) is 2.18. The molecule has 1 atom stereocenters. The Bertz CT molecular complexity index is 1590. The minimum Gasteiger partial charge on any atom is -0.289 e. The summed E-state index contributed by atoms with van der Waals surface area (Å²) in [5.74, 6) is 0.968. The topological polar surface area (TPSA) is 16.1 Å². The molecule has 31 heavy (non-hydrogen) atoms. The van der Waals surface area contributed by atoms with Crippen molar-refractivity contribution in [2.75, 3.05) is 4.67 Å². The maximum Gasteiger partial charge on any atom is 0.145 e. The number of fused-ring (bicyclic) bond motifs is 12. The maximum absolute atomic E-state index is 6.75. The summed E-state index contributed by atoms with van der Waals surface area (Å²) in [5, 5.41) is 4.98. The molecule has 0 saturated heterocycles. The van der Waals surface area contributed by atoms with Crippen molar-refractivity contribution in [1.82, 2.24) is 4.98 Å². The summed E-state index contributed by atoms with van der Waals surface area (Å²) in [6.45, 7) is 0. The molecule has 3 heterocycles. The molecule has 0 radical (unpaired) electrons. The van der Waals surface area contributed by atoms with E-state index in [0.29, 0.717) is 0 Å². The molecule has 0 aliphatic carbocycles. The minimum absolute atomic E-state index is 0.968. The van der Waals surface area contributed by atoms with Crippen LogP contribution in [0, 0.1) is 0 Å². The zero-order valence-electron chi connectivity index (χ0n) is 16.6. The second-order valence-corrected chi connectivity index (χ2v) is 12.1. The fourth-order valence-electron chi connectivity index (χ4n) is 5.07. The zero-order valence-corrected chi connectivity index (χ0v) is 18.3. The number of nitrogens with zero attached hydrogens (tertiary/aromatic N) is 2. The first-order valence-corrected chi connectivity index (χ1v) is 13.1. The first-order valence-electron chi connectivity index (χ1n) is 10.4. The van der Waals surface area contributed by atoms with Gasteiger partial charge >= 0.3 is 0 Å². The summed E-state index contributed by atoms with van der Waals surface area (Å²) in [6, 6.07) is 34.7. The summed E-state index contributed by atoms with van der Waals surface area (Å²) in [4.78, 5) is 4.87. The van der Waals surface area contributed by atoms with Gasteiger partial charge in [-0.05, 0) is 52.2 Å². The van der Waals surface area contributed by atoms with Gasteiger partial charge in [0.05, 0.1) is 11.9 Å². The number of pyridine rings is 1.